The zero-order valence-corrected chi connectivity index (χ0v) is 23.4. The van der Waals surface area contributed by atoms with Gasteiger partial charge in [-0.25, -0.2) is 4.98 Å². The first-order valence-corrected chi connectivity index (χ1v) is 16.8. The fourth-order valence-corrected chi connectivity index (χ4v) is 7.76. The van der Waals surface area contributed by atoms with Crippen molar-refractivity contribution in [1.82, 2.24) is 19.7 Å². The summed E-state index contributed by atoms with van der Waals surface area (Å²) in [4.78, 5) is 9.97. The summed E-state index contributed by atoms with van der Waals surface area (Å²) in [6.07, 6.45) is 2.64. The first-order valence-electron chi connectivity index (χ1n) is 11.7. The van der Waals surface area contributed by atoms with Crippen LogP contribution in [0.1, 0.15) is 17.8 Å². The molecule has 1 aliphatic rings. The number of hydrogen-bond donors (Lipinski definition) is 3. The van der Waals surface area contributed by atoms with Crippen LogP contribution in [0.2, 0.25) is 0 Å². The molecule has 3 heterocycles. The Bertz CT molecular complexity index is 1120. The van der Waals surface area contributed by atoms with E-state index >= 15 is 0 Å². The molecule has 35 heavy (non-hydrogen) atoms. The molecule has 4 rings (SSSR count). The molecule has 1 unspecified atom stereocenters. The summed E-state index contributed by atoms with van der Waals surface area (Å²) < 4.78 is 28.1. The molecule has 0 bridgehead atoms. The van der Waals surface area contributed by atoms with Gasteiger partial charge in [0.25, 0.3) is 0 Å². The molecule has 2 aromatic heterocycles. The van der Waals surface area contributed by atoms with Crippen LogP contribution in [-0.4, -0.2) is 63.5 Å². The van der Waals surface area contributed by atoms with Crippen LogP contribution in [0, 0.1) is 13.8 Å². The number of anilines is 3. The summed E-state index contributed by atoms with van der Waals surface area (Å²) >= 11 is -1.74. The van der Waals surface area contributed by atoms with E-state index in [1.165, 1.54) is 5.69 Å². The maximum atomic E-state index is 12.1. The molecule has 1 atom stereocenters. The van der Waals surface area contributed by atoms with Gasteiger partial charge in [-0.2, -0.15) is 5.10 Å². The minimum atomic E-state index is -2.67. The Morgan fingerprint density at radius 2 is 1.83 bits per heavy atom. The molecular weight excluding hydrogens is 577 g/mol. The van der Waals surface area contributed by atoms with E-state index in [1.807, 2.05) is 27.0 Å². The molecule has 9 nitrogen and oxygen atoms in total. The van der Waals surface area contributed by atoms with Gasteiger partial charge in [0.2, 0.25) is 19.8 Å². The molecule has 1 aromatic carbocycles. The zero-order valence-electron chi connectivity index (χ0n) is 20.4. The second kappa shape index (κ2) is 11.7. The van der Waals surface area contributed by atoms with E-state index in [9.17, 15) is 7.62 Å². The van der Waals surface area contributed by atoms with Crippen LogP contribution >= 0.6 is 27.5 Å². The molecule has 0 amide bonds. The highest BCUT2D eigenvalue weighted by Gasteiger charge is 2.27. The van der Waals surface area contributed by atoms with Gasteiger partial charge in [-0.05, 0) is 51.1 Å². The van der Waals surface area contributed by atoms with Crippen LogP contribution < -0.4 is 14.9 Å². The van der Waals surface area contributed by atoms with Crippen molar-refractivity contribution in [3.63, 3.8) is 0 Å². The molecule has 0 aliphatic carbocycles. The maximum absolute atomic E-state index is 12.1. The van der Waals surface area contributed by atoms with Gasteiger partial charge >= 0.3 is 0 Å². The lowest BCUT2D eigenvalue weighted by Crippen LogP contribution is -2.46. The average molecular weight is 612 g/mol. The Labute approximate surface area is 217 Å². The number of aromatic nitrogens is 3. The second-order valence-corrected chi connectivity index (χ2v) is 15.4. The maximum Gasteiger partial charge on any atom is 0.246 e. The lowest BCUT2D eigenvalue weighted by atomic mass is 10.2. The van der Waals surface area contributed by atoms with Gasteiger partial charge in [0, 0.05) is 51.7 Å². The first-order chi connectivity index (χ1) is 16.9. The molecule has 3 aromatic rings. The number of halogens is 1. The fourth-order valence-electron chi connectivity index (χ4n) is 4.20. The van der Waals surface area contributed by atoms with Crippen LogP contribution in [0.3, 0.4) is 0 Å². The molecule has 1 aliphatic heterocycles. The van der Waals surface area contributed by atoms with Gasteiger partial charge in [-0.3, -0.25) is 12.7 Å². The summed E-state index contributed by atoms with van der Waals surface area (Å²) in [5.41, 5.74) is 3.68. The fraction of sp³-hybridized carbons (Fsp3) is 0.417. The molecule has 0 saturated carbocycles. The number of nitrogens with one attached hydrogen (secondary N) is 2. The molecule has 1 saturated heterocycles. The van der Waals surface area contributed by atoms with Gasteiger partial charge < -0.3 is 19.5 Å². The SMILES string of the molecule is Cc1nn(C)c(C)c1NS(O)(I=O)c1ccc(NCCCN2CCN(c3ccccc3)CC2)nc1. The summed E-state index contributed by atoms with van der Waals surface area (Å²) in [6.45, 7) is 9.91. The van der Waals surface area contributed by atoms with Gasteiger partial charge in [0.15, 0.2) is 0 Å². The van der Waals surface area contributed by atoms with Crippen molar-refractivity contribution in [2.24, 2.45) is 7.05 Å². The molecule has 1 fully saturated rings. The van der Waals surface area contributed by atoms with E-state index in [2.05, 4.69) is 60.3 Å². The van der Waals surface area contributed by atoms with Crippen molar-refractivity contribution in [3.05, 3.63) is 60.0 Å². The number of pyridine rings is 1. The number of para-hydroxylation sites is 1. The summed E-state index contributed by atoms with van der Waals surface area (Å²) in [5, 5.41) is 7.73. The second-order valence-electron chi connectivity index (χ2n) is 8.67. The number of benzene rings is 1. The van der Waals surface area contributed by atoms with Gasteiger partial charge in [-0.15, -0.1) is 0 Å². The highest BCUT2D eigenvalue weighted by Crippen LogP contribution is 2.62. The standard InChI is InChI=1S/C24H34IN7O2S/c1-19-24(20(2)30(3)28-19)29-35(34,25-33)22-10-11-23(27-18-22)26-12-7-13-31-14-16-32(17-15-31)21-8-5-4-6-9-21/h4-6,8-11,18,29,34H,7,12-17H2,1-3H3,(H,26,27). The quantitative estimate of drug-likeness (QED) is 0.219. The largest absolute Gasteiger partial charge is 0.370 e. The van der Waals surface area contributed by atoms with Gasteiger partial charge in [0.05, 0.1) is 29.6 Å². The molecule has 3 N–H and O–H groups in total. The Hall–Kier alpha value is -2.22. The average Bonchev–Trinajstić information content (AvgIpc) is 3.13. The van der Waals surface area contributed by atoms with Gasteiger partial charge in [-0.1, -0.05) is 18.2 Å². The minimum Gasteiger partial charge on any atom is -0.370 e. The monoisotopic (exact) mass is 611 g/mol. The third-order valence-corrected chi connectivity index (χ3v) is 11.6. The van der Waals surface area contributed by atoms with E-state index < -0.39 is 27.5 Å². The first kappa shape index (κ1) is 25.9. The summed E-state index contributed by atoms with van der Waals surface area (Å²) in [6, 6.07) is 14.2. The minimum absolute atomic E-state index is 0.560. The van der Waals surface area contributed by atoms with Crippen molar-refractivity contribution in [2.45, 2.75) is 25.2 Å². The molecular formula is C24H34IN7O2S. The highest BCUT2D eigenvalue weighted by atomic mass is 127. The van der Waals surface area contributed by atoms with Crippen LogP contribution in [-0.2, 0) is 10.1 Å². The third-order valence-electron chi connectivity index (χ3n) is 6.34. The molecule has 0 radical (unpaired) electrons. The predicted octanol–water partition coefficient (Wildman–Crippen LogP) is 4.95. The third kappa shape index (κ3) is 6.32. The predicted molar refractivity (Wildman–Crippen MR) is 152 cm³/mol. The number of nitrogens with zero attached hydrogens (tertiary/aromatic N) is 5. The normalized spacial score (nSPS) is 17.1. The zero-order chi connectivity index (χ0) is 24.8. The smallest absolute Gasteiger partial charge is 0.246 e. The van der Waals surface area contributed by atoms with Crippen molar-refractivity contribution in [1.29, 1.82) is 0 Å². The Morgan fingerprint density at radius 1 is 1.09 bits per heavy atom. The highest BCUT2D eigenvalue weighted by molar-refractivity contribution is 14.2. The van der Waals surface area contributed by atoms with E-state index in [0.717, 1.165) is 68.6 Å². The lowest BCUT2D eigenvalue weighted by molar-refractivity contribution is 0.257. The van der Waals surface area contributed by atoms with E-state index in [-0.39, 0.29) is 0 Å². The number of aryl methyl sites for hydroxylation is 2. The van der Waals surface area contributed by atoms with Crippen LogP contribution in [0.5, 0.6) is 0 Å². The van der Waals surface area contributed by atoms with E-state index in [4.69, 9.17) is 0 Å². The topological polar surface area (TPSA) is 98.5 Å². The summed E-state index contributed by atoms with van der Waals surface area (Å²) in [5.74, 6) is 0.752. The van der Waals surface area contributed by atoms with Crippen LogP contribution in [0.15, 0.2) is 53.6 Å². The van der Waals surface area contributed by atoms with E-state index in [1.54, 1.807) is 16.9 Å². The molecule has 11 heteroatoms. The van der Waals surface area contributed by atoms with Crippen molar-refractivity contribution in [2.75, 3.05) is 54.2 Å². The van der Waals surface area contributed by atoms with E-state index in [0.29, 0.717) is 4.90 Å². The lowest BCUT2D eigenvalue weighted by Gasteiger charge is -2.36. The van der Waals surface area contributed by atoms with Crippen LogP contribution in [0.4, 0.5) is 17.2 Å². The molecule has 190 valence electrons. The Morgan fingerprint density at radius 3 is 2.43 bits per heavy atom. The van der Waals surface area contributed by atoms with Crippen molar-refractivity contribution < 1.29 is 7.62 Å². The Kier molecular flexibility index (Phi) is 8.63. The molecule has 0 spiro atoms. The summed E-state index contributed by atoms with van der Waals surface area (Å²) in [7, 11) is -0.823. The number of hydrogen-bond acceptors (Lipinski definition) is 8. The van der Waals surface area contributed by atoms with Crippen molar-refractivity contribution in [3.8, 4) is 0 Å². The number of piperazine rings is 1. The Balaban J connectivity index is 1.24. The van der Waals surface area contributed by atoms with Gasteiger partial charge in [0.1, 0.15) is 5.82 Å². The van der Waals surface area contributed by atoms with Crippen LogP contribution in [0.25, 0.3) is 0 Å². The number of rotatable bonds is 10. The van der Waals surface area contributed by atoms with Crippen molar-refractivity contribution >= 4 is 44.7 Å².